The molecule has 24 heavy (non-hydrogen) atoms. The molecule has 0 bridgehead atoms. The van der Waals surface area contributed by atoms with E-state index in [1.165, 1.54) is 10.9 Å². The van der Waals surface area contributed by atoms with Gasteiger partial charge in [-0.25, -0.2) is 4.98 Å². The van der Waals surface area contributed by atoms with Crippen molar-refractivity contribution < 1.29 is 18.7 Å². The van der Waals surface area contributed by atoms with Crippen LogP contribution >= 0.6 is 8.25 Å². The Bertz CT molecular complexity index is 889. The molecular formula is C10H12N8O5P+. The van der Waals surface area contributed by atoms with E-state index in [2.05, 4.69) is 29.5 Å². The van der Waals surface area contributed by atoms with Gasteiger partial charge in [0.05, 0.1) is 18.5 Å². The molecular weight excluding hydrogens is 343 g/mol. The highest BCUT2D eigenvalue weighted by molar-refractivity contribution is 7.32. The number of H-pyrrole nitrogens is 1. The van der Waals surface area contributed by atoms with Crippen LogP contribution in [0.1, 0.15) is 12.6 Å². The molecule has 0 spiro atoms. The summed E-state index contributed by atoms with van der Waals surface area (Å²) in [6.07, 6.45) is 0.234. The molecule has 2 aromatic rings. The second-order valence-corrected chi connectivity index (χ2v) is 5.68. The van der Waals surface area contributed by atoms with E-state index in [1.54, 1.807) is 0 Å². The van der Waals surface area contributed by atoms with Crippen molar-refractivity contribution in [1.29, 1.82) is 0 Å². The number of nitrogens with two attached hydrogens (primary N) is 1. The van der Waals surface area contributed by atoms with Crippen molar-refractivity contribution in [2.75, 3.05) is 12.3 Å². The van der Waals surface area contributed by atoms with Crippen LogP contribution in [-0.4, -0.2) is 43.2 Å². The predicted octanol–water partition coefficient (Wildman–Crippen LogP) is 0.335. The number of aromatic nitrogens is 4. The maximum atomic E-state index is 11.8. The molecule has 3 heterocycles. The Morgan fingerprint density at radius 3 is 3.21 bits per heavy atom. The van der Waals surface area contributed by atoms with Crippen molar-refractivity contribution in [3.8, 4) is 0 Å². The molecule has 0 amide bonds. The van der Waals surface area contributed by atoms with Gasteiger partial charge in [0.15, 0.2) is 11.2 Å². The number of imidazole rings is 1. The van der Waals surface area contributed by atoms with Crippen molar-refractivity contribution in [1.82, 2.24) is 19.5 Å². The third kappa shape index (κ3) is 3.07. The maximum absolute atomic E-state index is 11.8. The first kappa shape index (κ1) is 16.3. The van der Waals surface area contributed by atoms with E-state index in [0.29, 0.717) is 0 Å². The monoisotopic (exact) mass is 355 g/mol. The van der Waals surface area contributed by atoms with Gasteiger partial charge in [-0.05, 0) is 5.53 Å². The zero-order valence-corrected chi connectivity index (χ0v) is 12.9. The Labute approximate surface area is 134 Å². The van der Waals surface area contributed by atoms with Crippen LogP contribution in [0, 0.1) is 0 Å². The molecule has 1 unspecified atom stereocenters. The molecule has 126 valence electrons. The second-order valence-electron chi connectivity index (χ2n) is 4.95. The highest BCUT2D eigenvalue weighted by Gasteiger charge is 2.38. The van der Waals surface area contributed by atoms with Crippen molar-refractivity contribution in [3.63, 3.8) is 0 Å². The Balaban J connectivity index is 1.91. The summed E-state index contributed by atoms with van der Waals surface area (Å²) in [5.74, 6) is -0.0731. The maximum Gasteiger partial charge on any atom is 0.694 e. The molecule has 0 aromatic carbocycles. The quantitative estimate of drug-likeness (QED) is 0.295. The minimum Gasteiger partial charge on any atom is -0.369 e. The summed E-state index contributed by atoms with van der Waals surface area (Å²) in [5.41, 5.74) is 14.0. The van der Waals surface area contributed by atoms with Crippen LogP contribution in [0.15, 0.2) is 16.2 Å². The van der Waals surface area contributed by atoms with Gasteiger partial charge < -0.3 is 10.5 Å². The van der Waals surface area contributed by atoms with Gasteiger partial charge in [-0.1, -0.05) is 5.11 Å². The molecule has 1 aliphatic heterocycles. The zero-order chi connectivity index (χ0) is 17.3. The Kier molecular flexibility index (Phi) is 4.42. The topological polar surface area (TPSA) is 194 Å². The van der Waals surface area contributed by atoms with Crippen molar-refractivity contribution in [3.05, 3.63) is 27.1 Å². The van der Waals surface area contributed by atoms with E-state index in [1.807, 2.05) is 0 Å². The molecule has 1 fully saturated rings. The number of rotatable bonds is 5. The lowest BCUT2D eigenvalue weighted by atomic mass is 10.1. The van der Waals surface area contributed by atoms with Gasteiger partial charge in [-0.3, -0.25) is 14.3 Å². The third-order valence-corrected chi connectivity index (χ3v) is 3.88. The summed E-state index contributed by atoms with van der Waals surface area (Å²) in [5, 5.41) is 3.61. The fourth-order valence-electron chi connectivity index (χ4n) is 2.51. The lowest BCUT2D eigenvalue weighted by Crippen LogP contribution is -2.23. The molecule has 0 saturated carbocycles. The van der Waals surface area contributed by atoms with Gasteiger partial charge in [0.2, 0.25) is 5.95 Å². The first-order chi connectivity index (χ1) is 11.5. The minimum absolute atomic E-state index is 0.0731. The van der Waals surface area contributed by atoms with Crippen LogP contribution in [0.4, 0.5) is 5.95 Å². The van der Waals surface area contributed by atoms with E-state index in [4.69, 9.17) is 20.9 Å². The van der Waals surface area contributed by atoms with Gasteiger partial charge >= 0.3 is 8.25 Å². The average molecular weight is 355 g/mol. The van der Waals surface area contributed by atoms with E-state index >= 15 is 0 Å². The highest BCUT2D eigenvalue weighted by atomic mass is 31.1. The Hall–Kier alpha value is -2.56. The normalized spacial score (nSPS) is 24.0. The minimum atomic E-state index is -2.80. The standard InChI is InChI=1S/C10H11N8O5P/c11-10-14-8-7(9(19)15-10)13-3-18(8)6-1-4(16-17-12)5(23-6)2-22-24(20)21/h3-6H,1-2H2,(H3-,11,14,15,19,20,21)/p+1/t4-,5+,6+/m0/s1. The average Bonchev–Trinajstić information content (AvgIpc) is 3.09. The van der Waals surface area contributed by atoms with Gasteiger partial charge in [-0.2, -0.15) is 4.98 Å². The van der Waals surface area contributed by atoms with Crippen LogP contribution < -0.4 is 11.3 Å². The largest absolute Gasteiger partial charge is 0.694 e. The number of hydrogen-bond acceptors (Lipinski definition) is 8. The Morgan fingerprint density at radius 1 is 1.71 bits per heavy atom. The summed E-state index contributed by atoms with van der Waals surface area (Å²) in [6.45, 7) is -0.228. The first-order valence-electron chi connectivity index (χ1n) is 6.70. The molecule has 4 N–H and O–H groups in total. The van der Waals surface area contributed by atoms with Crippen LogP contribution in [0.2, 0.25) is 0 Å². The van der Waals surface area contributed by atoms with Gasteiger partial charge in [-0.15, -0.1) is 9.42 Å². The summed E-state index contributed by atoms with van der Waals surface area (Å²) in [7, 11) is -2.80. The number of fused-ring (bicyclic) bond motifs is 1. The molecule has 3 rings (SSSR count). The van der Waals surface area contributed by atoms with Crippen LogP contribution in [0.25, 0.3) is 21.6 Å². The zero-order valence-electron chi connectivity index (χ0n) is 12.0. The number of aromatic amines is 1. The van der Waals surface area contributed by atoms with Gasteiger partial charge in [0.1, 0.15) is 12.8 Å². The van der Waals surface area contributed by atoms with Crippen molar-refractivity contribution >= 4 is 25.4 Å². The molecule has 0 radical (unpaired) electrons. The molecule has 0 aliphatic carbocycles. The van der Waals surface area contributed by atoms with Crippen LogP contribution in [0.3, 0.4) is 0 Å². The van der Waals surface area contributed by atoms with E-state index in [9.17, 15) is 9.36 Å². The number of azide groups is 1. The number of nitrogens with zero attached hydrogens (tertiary/aromatic N) is 6. The number of nitrogens with one attached hydrogen (secondary N) is 1. The summed E-state index contributed by atoms with van der Waals surface area (Å²) >= 11 is 0. The molecule has 1 saturated heterocycles. The fourth-order valence-corrected chi connectivity index (χ4v) is 2.79. The number of nitrogen functional groups attached to an aromatic ring is 1. The SMILES string of the molecule is [N-]=[N+]=N[C@H]1C[C@H](n2cnc3c(=O)[nH]c(N)nc32)O[C@@H]1CO[P+](=O)O. The molecule has 2 aromatic heterocycles. The summed E-state index contributed by atoms with van der Waals surface area (Å²) < 4.78 is 22.5. The molecule has 4 atom stereocenters. The third-order valence-electron chi connectivity index (χ3n) is 3.51. The van der Waals surface area contributed by atoms with E-state index in [-0.39, 0.29) is 30.1 Å². The second kappa shape index (κ2) is 6.51. The van der Waals surface area contributed by atoms with Gasteiger partial charge in [0, 0.05) is 15.9 Å². The Morgan fingerprint density at radius 2 is 2.50 bits per heavy atom. The van der Waals surface area contributed by atoms with Gasteiger partial charge in [0.25, 0.3) is 5.56 Å². The number of ether oxygens (including phenoxy) is 1. The van der Waals surface area contributed by atoms with Crippen LogP contribution in [0.5, 0.6) is 0 Å². The predicted molar refractivity (Wildman–Crippen MR) is 79.8 cm³/mol. The summed E-state index contributed by atoms with van der Waals surface area (Å²) in [6, 6.07) is -0.619. The first-order valence-corrected chi connectivity index (χ1v) is 7.83. The van der Waals surface area contributed by atoms with E-state index < -0.39 is 32.2 Å². The fraction of sp³-hybridized carbons (Fsp3) is 0.500. The number of anilines is 1. The lowest BCUT2D eigenvalue weighted by Gasteiger charge is -2.13. The highest BCUT2D eigenvalue weighted by Crippen LogP contribution is 2.33. The van der Waals surface area contributed by atoms with Crippen LogP contribution in [-0.2, 0) is 13.8 Å². The molecule has 14 heteroatoms. The number of hydrogen-bond donors (Lipinski definition) is 3. The van der Waals surface area contributed by atoms with E-state index in [0.717, 1.165) is 0 Å². The molecule has 1 aliphatic rings. The van der Waals surface area contributed by atoms with Crippen molar-refractivity contribution in [2.24, 2.45) is 5.11 Å². The smallest absolute Gasteiger partial charge is 0.369 e. The molecule has 13 nitrogen and oxygen atoms in total. The summed E-state index contributed by atoms with van der Waals surface area (Å²) in [4.78, 5) is 33.6. The lowest BCUT2D eigenvalue weighted by molar-refractivity contribution is -0.0187. The van der Waals surface area contributed by atoms with Crippen molar-refractivity contribution in [2.45, 2.75) is 24.8 Å².